The molecule has 0 unspecified atom stereocenters. The molecule has 0 amide bonds. The van der Waals surface area contributed by atoms with Crippen molar-refractivity contribution >= 4 is 5.95 Å². The molecule has 1 aliphatic heterocycles. The molecule has 100 valence electrons. The molecule has 2 aromatic rings. The molecule has 1 saturated heterocycles. The lowest BCUT2D eigenvalue weighted by molar-refractivity contribution is 0.0597. The standard InChI is InChI=1S/C13H15N3O3/c17-11-8-16(6-7-18-9-11)13-14-12(19-15-13)10-4-2-1-3-5-10/h1-5,11,17H,6-9H2/t11-/m1/s1. The monoisotopic (exact) mass is 261 g/mol. The third kappa shape index (κ3) is 2.74. The van der Waals surface area contributed by atoms with Gasteiger partial charge in [-0.1, -0.05) is 18.2 Å². The SMILES string of the molecule is O[C@H]1COCCN(c2noc(-c3ccccc3)n2)C1. The van der Waals surface area contributed by atoms with Crippen LogP contribution >= 0.6 is 0 Å². The first-order valence-electron chi connectivity index (χ1n) is 6.23. The summed E-state index contributed by atoms with van der Waals surface area (Å²) in [6.45, 7) is 1.99. The van der Waals surface area contributed by atoms with Crippen LogP contribution in [0, 0.1) is 0 Å². The minimum Gasteiger partial charge on any atom is -0.389 e. The summed E-state index contributed by atoms with van der Waals surface area (Å²) in [5, 5.41) is 13.7. The molecule has 1 atom stereocenters. The minimum absolute atomic E-state index is 0.347. The lowest BCUT2D eigenvalue weighted by Gasteiger charge is -2.18. The van der Waals surface area contributed by atoms with Gasteiger partial charge in [-0.3, -0.25) is 0 Å². The highest BCUT2D eigenvalue weighted by Crippen LogP contribution is 2.20. The van der Waals surface area contributed by atoms with Crippen LogP contribution in [0.15, 0.2) is 34.9 Å². The maximum atomic E-state index is 9.69. The van der Waals surface area contributed by atoms with Gasteiger partial charge in [-0.25, -0.2) is 0 Å². The van der Waals surface area contributed by atoms with Crippen molar-refractivity contribution in [2.24, 2.45) is 0 Å². The topological polar surface area (TPSA) is 71.6 Å². The fraction of sp³-hybridized carbons (Fsp3) is 0.385. The highest BCUT2D eigenvalue weighted by atomic mass is 16.5. The van der Waals surface area contributed by atoms with Crippen LogP contribution in [0.2, 0.25) is 0 Å². The lowest BCUT2D eigenvalue weighted by atomic mass is 10.2. The first-order chi connectivity index (χ1) is 9.33. The molecule has 2 heterocycles. The largest absolute Gasteiger partial charge is 0.389 e. The Morgan fingerprint density at radius 1 is 1.26 bits per heavy atom. The Morgan fingerprint density at radius 2 is 2.11 bits per heavy atom. The van der Waals surface area contributed by atoms with E-state index in [0.717, 1.165) is 5.56 Å². The third-order valence-electron chi connectivity index (χ3n) is 2.97. The summed E-state index contributed by atoms with van der Waals surface area (Å²) in [5.74, 6) is 0.971. The van der Waals surface area contributed by atoms with Crippen molar-refractivity contribution in [2.75, 3.05) is 31.2 Å². The average Bonchev–Trinajstić information content (AvgIpc) is 2.83. The zero-order valence-corrected chi connectivity index (χ0v) is 10.4. The van der Waals surface area contributed by atoms with E-state index in [1.807, 2.05) is 35.2 Å². The molecular formula is C13H15N3O3. The van der Waals surface area contributed by atoms with Gasteiger partial charge >= 0.3 is 0 Å². The maximum absolute atomic E-state index is 9.69. The van der Waals surface area contributed by atoms with Crippen molar-refractivity contribution < 1.29 is 14.4 Å². The van der Waals surface area contributed by atoms with Crippen molar-refractivity contribution in [3.63, 3.8) is 0 Å². The summed E-state index contributed by atoms with van der Waals surface area (Å²) in [5.41, 5.74) is 0.882. The summed E-state index contributed by atoms with van der Waals surface area (Å²) in [6.07, 6.45) is -0.527. The van der Waals surface area contributed by atoms with Crippen molar-refractivity contribution in [1.82, 2.24) is 10.1 Å². The van der Waals surface area contributed by atoms with E-state index >= 15 is 0 Å². The Bertz CT molecular complexity index is 529. The highest BCUT2D eigenvalue weighted by Gasteiger charge is 2.21. The van der Waals surface area contributed by atoms with Gasteiger partial charge in [0.05, 0.1) is 19.3 Å². The van der Waals surface area contributed by atoms with E-state index in [4.69, 9.17) is 9.26 Å². The molecule has 0 spiro atoms. The molecule has 19 heavy (non-hydrogen) atoms. The molecule has 0 radical (unpaired) electrons. The van der Waals surface area contributed by atoms with Crippen LogP contribution in [0.1, 0.15) is 0 Å². The second kappa shape index (κ2) is 5.38. The number of benzene rings is 1. The first kappa shape index (κ1) is 12.1. The molecule has 1 aromatic heterocycles. The van der Waals surface area contributed by atoms with Crippen LogP contribution in [-0.4, -0.2) is 47.7 Å². The number of rotatable bonds is 2. The number of hydrogen-bond acceptors (Lipinski definition) is 6. The Labute approximate surface area is 110 Å². The Balaban J connectivity index is 1.81. The summed E-state index contributed by atoms with van der Waals surface area (Å²) in [6, 6.07) is 9.60. The van der Waals surface area contributed by atoms with Crippen LogP contribution < -0.4 is 4.90 Å². The molecule has 6 nitrogen and oxygen atoms in total. The smallest absolute Gasteiger partial charge is 0.266 e. The van der Waals surface area contributed by atoms with Gasteiger partial charge in [0.1, 0.15) is 0 Å². The lowest BCUT2D eigenvalue weighted by Crippen LogP contribution is -2.33. The van der Waals surface area contributed by atoms with Gasteiger partial charge in [-0.2, -0.15) is 4.98 Å². The van der Waals surface area contributed by atoms with Crippen molar-refractivity contribution in [1.29, 1.82) is 0 Å². The predicted octanol–water partition coefficient (Wildman–Crippen LogP) is 0.934. The van der Waals surface area contributed by atoms with E-state index in [1.54, 1.807) is 0 Å². The van der Waals surface area contributed by atoms with E-state index in [0.29, 0.717) is 38.1 Å². The number of anilines is 1. The number of aromatic nitrogens is 2. The quantitative estimate of drug-likeness (QED) is 0.867. The number of aliphatic hydroxyl groups excluding tert-OH is 1. The molecule has 1 N–H and O–H groups in total. The molecule has 1 aliphatic rings. The molecular weight excluding hydrogens is 246 g/mol. The van der Waals surface area contributed by atoms with Gasteiger partial charge in [0.25, 0.3) is 11.8 Å². The van der Waals surface area contributed by atoms with Gasteiger partial charge in [-0.15, -0.1) is 0 Å². The van der Waals surface area contributed by atoms with Gasteiger partial charge in [-0.05, 0) is 17.3 Å². The van der Waals surface area contributed by atoms with Crippen molar-refractivity contribution in [3.05, 3.63) is 30.3 Å². The van der Waals surface area contributed by atoms with Crippen LogP contribution in [0.4, 0.5) is 5.95 Å². The Hall–Kier alpha value is -1.92. The summed E-state index contributed by atoms with van der Waals surface area (Å²) in [7, 11) is 0. The second-order valence-electron chi connectivity index (χ2n) is 4.44. The summed E-state index contributed by atoms with van der Waals surface area (Å²) in [4.78, 5) is 6.23. The van der Waals surface area contributed by atoms with E-state index in [9.17, 15) is 5.11 Å². The summed E-state index contributed by atoms with van der Waals surface area (Å²) >= 11 is 0. The number of ether oxygens (including phenoxy) is 1. The van der Waals surface area contributed by atoms with Crippen molar-refractivity contribution in [3.8, 4) is 11.5 Å². The van der Waals surface area contributed by atoms with Crippen LogP contribution in [0.25, 0.3) is 11.5 Å². The van der Waals surface area contributed by atoms with Gasteiger partial charge in [0.2, 0.25) is 0 Å². The molecule has 0 aliphatic carbocycles. The Morgan fingerprint density at radius 3 is 2.95 bits per heavy atom. The minimum atomic E-state index is -0.527. The molecule has 3 rings (SSSR count). The molecule has 0 bridgehead atoms. The molecule has 1 aromatic carbocycles. The van der Waals surface area contributed by atoms with E-state index < -0.39 is 6.10 Å². The normalized spacial score (nSPS) is 20.3. The third-order valence-corrected chi connectivity index (χ3v) is 2.97. The van der Waals surface area contributed by atoms with Crippen LogP contribution in [0.3, 0.4) is 0 Å². The zero-order chi connectivity index (χ0) is 13.1. The van der Waals surface area contributed by atoms with Gasteiger partial charge in [0.15, 0.2) is 0 Å². The zero-order valence-electron chi connectivity index (χ0n) is 10.4. The van der Waals surface area contributed by atoms with E-state index in [1.165, 1.54) is 0 Å². The maximum Gasteiger partial charge on any atom is 0.266 e. The van der Waals surface area contributed by atoms with Gasteiger partial charge < -0.3 is 19.3 Å². The summed E-state index contributed by atoms with van der Waals surface area (Å²) < 4.78 is 10.5. The number of aliphatic hydroxyl groups is 1. The second-order valence-corrected chi connectivity index (χ2v) is 4.44. The molecule has 1 fully saturated rings. The van der Waals surface area contributed by atoms with Crippen molar-refractivity contribution in [2.45, 2.75) is 6.10 Å². The highest BCUT2D eigenvalue weighted by molar-refractivity contribution is 5.54. The fourth-order valence-corrected chi connectivity index (χ4v) is 2.02. The van der Waals surface area contributed by atoms with E-state index in [-0.39, 0.29) is 0 Å². The molecule has 6 heteroatoms. The Kier molecular flexibility index (Phi) is 3.43. The number of nitrogens with zero attached hydrogens (tertiary/aromatic N) is 3. The fourth-order valence-electron chi connectivity index (χ4n) is 2.02. The average molecular weight is 261 g/mol. The number of hydrogen-bond donors (Lipinski definition) is 1. The predicted molar refractivity (Wildman–Crippen MR) is 68.8 cm³/mol. The first-order valence-corrected chi connectivity index (χ1v) is 6.23. The number of β-amino-alcohol motifs (C(OH)–C–C–N with tert-alkyl or cyclic N) is 1. The van der Waals surface area contributed by atoms with Crippen LogP contribution in [-0.2, 0) is 4.74 Å². The van der Waals surface area contributed by atoms with Crippen LogP contribution in [0.5, 0.6) is 0 Å². The van der Waals surface area contributed by atoms with Gasteiger partial charge in [0, 0.05) is 18.7 Å². The van der Waals surface area contributed by atoms with E-state index in [2.05, 4.69) is 10.1 Å². The molecule has 0 saturated carbocycles.